The first-order chi connectivity index (χ1) is 15.7. The van der Waals surface area contributed by atoms with Crippen LogP contribution in [0.3, 0.4) is 0 Å². The van der Waals surface area contributed by atoms with Gasteiger partial charge in [-0.1, -0.05) is 142 Å². The molecule has 0 bridgehead atoms. The molecule has 3 atom stereocenters. The van der Waals surface area contributed by atoms with Crippen LogP contribution < -0.4 is 0 Å². The van der Waals surface area contributed by atoms with Gasteiger partial charge in [-0.15, -0.1) is 0 Å². The average Bonchev–Trinajstić information content (AvgIpc) is 2.82. The topological polar surface area (TPSA) is 29.5 Å². The summed E-state index contributed by atoms with van der Waals surface area (Å²) in [5.74, 6) is 0. The van der Waals surface area contributed by atoms with E-state index in [1.807, 2.05) is 0 Å². The molecule has 192 valence electrons. The van der Waals surface area contributed by atoms with Gasteiger partial charge in [0.1, 0.15) is 0 Å². The van der Waals surface area contributed by atoms with E-state index in [1.54, 1.807) is 0 Å². The summed E-state index contributed by atoms with van der Waals surface area (Å²) in [7, 11) is -1.09. The first-order valence-electron chi connectivity index (χ1n) is 15.0. The lowest BCUT2D eigenvalue weighted by molar-refractivity contribution is -0.101. The minimum atomic E-state index is -1.09. The summed E-state index contributed by atoms with van der Waals surface area (Å²) in [6.07, 6.45) is 29.1. The molecule has 1 N–H and O–H groups in total. The van der Waals surface area contributed by atoms with Gasteiger partial charge in [-0.25, -0.2) is 0 Å². The average molecular weight is 469 g/mol. The van der Waals surface area contributed by atoms with Gasteiger partial charge in [0, 0.05) is 6.61 Å². The molecule has 0 spiro atoms. The molecule has 0 radical (unpaired) electrons. The second-order valence-corrected chi connectivity index (χ2v) is 14.3. The van der Waals surface area contributed by atoms with Gasteiger partial charge < -0.3 is 9.84 Å². The largest absolute Gasteiger partial charge is 0.390 e. The van der Waals surface area contributed by atoms with Gasteiger partial charge in [0.25, 0.3) is 0 Å². The lowest BCUT2D eigenvalue weighted by atomic mass is 9.98. The van der Waals surface area contributed by atoms with E-state index in [1.165, 1.54) is 134 Å². The number of aliphatic hydroxyl groups excluding tert-OH is 1. The van der Waals surface area contributed by atoms with Crippen molar-refractivity contribution in [3.05, 3.63) is 0 Å². The number of unbranched alkanes of at least 4 members (excludes halogenated alkanes) is 16. The Balaban J connectivity index is 2.15. The number of aliphatic hydroxyl groups is 1. The van der Waals surface area contributed by atoms with E-state index < -0.39 is 8.80 Å². The van der Waals surface area contributed by atoms with E-state index >= 15 is 0 Å². The van der Waals surface area contributed by atoms with E-state index in [0.717, 1.165) is 19.4 Å². The Kier molecular flexibility index (Phi) is 19.3. The molecule has 0 aromatic carbocycles. The van der Waals surface area contributed by atoms with E-state index in [9.17, 15) is 5.11 Å². The van der Waals surface area contributed by atoms with Crippen LogP contribution in [0.2, 0.25) is 12.6 Å². The lowest BCUT2D eigenvalue weighted by Crippen LogP contribution is -2.57. The van der Waals surface area contributed by atoms with Crippen LogP contribution >= 0.6 is 0 Å². The Morgan fingerprint density at radius 1 is 0.688 bits per heavy atom. The molecule has 0 aliphatic carbocycles. The third-order valence-electron chi connectivity index (χ3n) is 8.05. The molecule has 1 fully saturated rings. The zero-order chi connectivity index (χ0) is 23.3. The van der Waals surface area contributed by atoms with Crippen LogP contribution in [0.1, 0.15) is 155 Å². The normalized spacial score (nSPS) is 21.0. The van der Waals surface area contributed by atoms with Crippen molar-refractivity contribution >= 4 is 8.80 Å². The highest BCUT2D eigenvalue weighted by atomic mass is 28.3. The molecule has 0 aromatic rings. The Labute approximate surface area is 204 Å². The third kappa shape index (κ3) is 13.1. The summed E-state index contributed by atoms with van der Waals surface area (Å²) >= 11 is 0. The molecule has 3 unspecified atom stereocenters. The van der Waals surface area contributed by atoms with Crippen molar-refractivity contribution < 1.29 is 9.84 Å². The van der Waals surface area contributed by atoms with Gasteiger partial charge in [-0.3, -0.25) is 0 Å². The van der Waals surface area contributed by atoms with Crippen LogP contribution in [0.4, 0.5) is 0 Å². The summed E-state index contributed by atoms with van der Waals surface area (Å²) in [6, 6.07) is 1.35. The van der Waals surface area contributed by atoms with Crippen LogP contribution in [-0.4, -0.2) is 31.8 Å². The SMILES string of the molecule is CCCCCCCCCCCCCCCC(O)C1([SiH](C)CCCCCCC)CCCCO1. The summed E-state index contributed by atoms with van der Waals surface area (Å²) in [5, 5.41) is 11.1. The number of hydrogen-bond acceptors (Lipinski definition) is 2. The monoisotopic (exact) mass is 468 g/mol. The highest BCUT2D eigenvalue weighted by molar-refractivity contribution is 6.61. The zero-order valence-corrected chi connectivity index (χ0v) is 23.6. The van der Waals surface area contributed by atoms with Gasteiger partial charge in [0.05, 0.1) is 20.1 Å². The molecule has 0 amide bonds. The predicted molar refractivity (Wildman–Crippen MR) is 145 cm³/mol. The van der Waals surface area contributed by atoms with Gasteiger partial charge in [-0.05, 0) is 25.7 Å². The molecule has 1 aliphatic rings. The lowest BCUT2D eigenvalue weighted by Gasteiger charge is -2.45. The Morgan fingerprint density at radius 3 is 1.62 bits per heavy atom. The molecular weight excluding hydrogens is 408 g/mol. The number of hydrogen-bond donors (Lipinski definition) is 1. The van der Waals surface area contributed by atoms with Crippen LogP contribution in [0.15, 0.2) is 0 Å². The Morgan fingerprint density at radius 2 is 1.16 bits per heavy atom. The summed E-state index contributed by atoms with van der Waals surface area (Å²) in [4.78, 5) is 0. The molecule has 0 aromatic heterocycles. The Hall–Kier alpha value is 0.137. The second-order valence-electron chi connectivity index (χ2n) is 10.9. The van der Waals surface area contributed by atoms with Gasteiger partial charge in [0.15, 0.2) is 0 Å². The van der Waals surface area contributed by atoms with Crippen molar-refractivity contribution in [1.82, 2.24) is 0 Å². The molecule has 1 rings (SSSR count). The van der Waals surface area contributed by atoms with E-state index in [4.69, 9.17) is 4.74 Å². The fourth-order valence-corrected chi connectivity index (χ4v) is 9.03. The minimum Gasteiger partial charge on any atom is -0.390 e. The predicted octanol–water partition coefficient (Wildman–Crippen LogP) is 9.13. The van der Waals surface area contributed by atoms with Crippen molar-refractivity contribution in [1.29, 1.82) is 0 Å². The van der Waals surface area contributed by atoms with Crippen LogP contribution in [-0.2, 0) is 4.74 Å². The molecule has 3 heteroatoms. The van der Waals surface area contributed by atoms with Gasteiger partial charge in [0.2, 0.25) is 0 Å². The molecule has 1 heterocycles. The van der Waals surface area contributed by atoms with E-state index in [2.05, 4.69) is 20.4 Å². The molecule has 1 saturated heterocycles. The smallest absolute Gasteiger partial charge is 0.0803 e. The highest BCUT2D eigenvalue weighted by Gasteiger charge is 2.44. The van der Waals surface area contributed by atoms with Crippen molar-refractivity contribution in [3.8, 4) is 0 Å². The van der Waals surface area contributed by atoms with Crippen LogP contribution in [0, 0.1) is 0 Å². The fraction of sp³-hybridized carbons (Fsp3) is 1.00. The zero-order valence-electron chi connectivity index (χ0n) is 22.5. The van der Waals surface area contributed by atoms with Crippen LogP contribution in [0.5, 0.6) is 0 Å². The van der Waals surface area contributed by atoms with E-state index in [0.29, 0.717) is 0 Å². The Bertz CT molecular complexity index is 395. The van der Waals surface area contributed by atoms with Crippen molar-refractivity contribution in [2.24, 2.45) is 0 Å². The second kappa shape index (κ2) is 20.5. The van der Waals surface area contributed by atoms with E-state index in [-0.39, 0.29) is 11.3 Å². The highest BCUT2D eigenvalue weighted by Crippen LogP contribution is 2.35. The molecular formula is C29H60O2Si. The van der Waals surface area contributed by atoms with Crippen molar-refractivity contribution in [2.45, 2.75) is 179 Å². The van der Waals surface area contributed by atoms with Crippen molar-refractivity contribution in [3.63, 3.8) is 0 Å². The number of rotatable bonds is 22. The van der Waals surface area contributed by atoms with Crippen molar-refractivity contribution in [2.75, 3.05) is 6.61 Å². The maximum Gasteiger partial charge on any atom is 0.0803 e. The summed E-state index contributed by atoms with van der Waals surface area (Å²) in [5.41, 5.74) is 0. The third-order valence-corrected chi connectivity index (χ3v) is 11.8. The standard InChI is InChI=1S/C29H60O2Si/c1-4-6-8-10-11-12-13-14-15-16-17-18-20-24-28(30)29(25-21-22-26-31-29)32(3)27-23-19-9-7-5-2/h28,30,32H,4-27H2,1-3H3. The van der Waals surface area contributed by atoms with Gasteiger partial charge >= 0.3 is 0 Å². The maximum absolute atomic E-state index is 11.2. The molecule has 32 heavy (non-hydrogen) atoms. The van der Waals surface area contributed by atoms with Crippen LogP contribution in [0.25, 0.3) is 0 Å². The summed E-state index contributed by atoms with van der Waals surface area (Å²) in [6.45, 7) is 7.94. The first-order valence-corrected chi connectivity index (χ1v) is 17.5. The molecule has 0 saturated carbocycles. The molecule has 1 aliphatic heterocycles. The fourth-order valence-electron chi connectivity index (χ4n) is 5.72. The maximum atomic E-state index is 11.2. The quantitative estimate of drug-likeness (QED) is 0.127. The summed E-state index contributed by atoms with van der Waals surface area (Å²) < 4.78 is 6.44. The van der Waals surface area contributed by atoms with Gasteiger partial charge in [-0.2, -0.15) is 0 Å². The molecule has 2 nitrogen and oxygen atoms in total. The minimum absolute atomic E-state index is 0.125. The number of ether oxygens (including phenoxy) is 1. The first kappa shape index (κ1) is 30.2.